The number of benzene rings is 2. The Balaban J connectivity index is 1.69. The molecule has 2 aromatic rings. The molecule has 0 bridgehead atoms. The number of carbonyl (C=O) groups is 2. The minimum Gasteiger partial charge on any atom is -0.481 e. The number of hydrogen-bond acceptors (Lipinski definition) is 2. The Kier molecular flexibility index (Phi) is 6.38. The van der Waals surface area contributed by atoms with E-state index in [1.807, 2.05) is 42.5 Å². The van der Waals surface area contributed by atoms with Crippen LogP contribution in [0.25, 0.3) is 0 Å². The third-order valence-corrected chi connectivity index (χ3v) is 6.70. The van der Waals surface area contributed by atoms with E-state index in [9.17, 15) is 14.7 Å². The van der Waals surface area contributed by atoms with Crippen LogP contribution in [0.5, 0.6) is 0 Å². The molecule has 1 saturated heterocycles. The third-order valence-electron chi connectivity index (χ3n) is 6.70. The maximum Gasteiger partial charge on any atom is 0.312 e. The monoisotopic (exact) mass is 395 g/mol. The second kappa shape index (κ2) is 8.78. The minimum absolute atomic E-state index is 0.0485. The number of rotatable bonds is 7. The number of carboxylic acids is 1. The summed E-state index contributed by atoms with van der Waals surface area (Å²) in [7, 11) is 0. The van der Waals surface area contributed by atoms with Gasteiger partial charge < -0.3 is 15.7 Å². The van der Waals surface area contributed by atoms with E-state index in [2.05, 4.69) is 19.9 Å². The highest BCUT2D eigenvalue weighted by Gasteiger charge is 2.41. The van der Waals surface area contributed by atoms with Gasteiger partial charge in [0.1, 0.15) is 5.92 Å². The molecule has 5 heteroatoms. The minimum atomic E-state index is -0.725. The number of primary amides is 1. The van der Waals surface area contributed by atoms with Gasteiger partial charge in [0.05, 0.1) is 19.6 Å². The van der Waals surface area contributed by atoms with Crippen molar-refractivity contribution in [2.75, 3.05) is 19.6 Å². The molecular weight excluding hydrogens is 364 g/mol. The van der Waals surface area contributed by atoms with Crippen molar-refractivity contribution >= 4 is 11.9 Å². The molecular formula is C24H31N2O3+. The molecule has 0 radical (unpaired) electrons. The predicted molar refractivity (Wildman–Crippen MR) is 113 cm³/mol. The number of nitrogens with one attached hydrogen (secondary N) is 1. The van der Waals surface area contributed by atoms with E-state index in [0.717, 1.165) is 30.6 Å². The van der Waals surface area contributed by atoms with Crippen LogP contribution in [0, 0.1) is 11.8 Å². The number of amides is 1. The normalized spacial score (nSPS) is 25.3. The van der Waals surface area contributed by atoms with Crippen LogP contribution in [0.2, 0.25) is 0 Å². The summed E-state index contributed by atoms with van der Waals surface area (Å²) < 4.78 is 0. The topological polar surface area (TPSA) is 84.8 Å². The third kappa shape index (κ3) is 4.85. The van der Waals surface area contributed by atoms with Gasteiger partial charge in [-0.2, -0.15) is 0 Å². The van der Waals surface area contributed by atoms with E-state index >= 15 is 0 Å². The number of piperidine rings is 1. The van der Waals surface area contributed by atoms with Gasteiger partial charge >= 0.3 is 5.97 Å². The molecule has 1 heterocycles. The van der Waals surface area contributed by atoms with Crippen molar-refractivity contribution in [1.29, 1.82) is 0 Å². The number of carboxylic acid groups (broad SMARTS) is 1. The van der Waals surface area contributed by atoms with E-state index in [1.165, 1.54) is 4.90 Å². The standard InChI is InChI=1S/C24H30N2O3/c1-17-15-26(16-20(23(28)29)13-18-7-4-3-5-8-18)12-11-24(17,2)21-10-6-9-19(14-21)22(25)27/h3-10,14,17,20H,11-13,15-16H2,1-2H3,(H2,25,27)(H,28,29)/p+1/t17-,20-,24+/m0/s1. The SMILES string of the molecule is C[C@H]1C[NH+](C[C@H](Cc2ccccc2)C(=O)O)CC[C@@]1(C)c1cccc(C(N)=O)c1. The summed E-state index contributed by atoms with van der Waals surface area (Å²) in [4.78, 5) is 24.8. The number of aliphatic carboxylic acids is 1. The molecule has 4 atom stereocenters. The van der Waals surface area contributed by atoms with Gasteiger partial charge in [-0.1, -0.05) is 56.3 Å². The summed E-state index contributed by atoms with van der Waals surface area (Å²) >= 11 is 0. The second-order valence-electron chi connectivity index (χ2n) is 8.65. The Bertz CT molecular complexity index is 867. The van der Waals surface area contributed by atoms with E-state index < -0.39 is 11.9 Å². The molecule has 0 aliphatic carbocycles. The highest BCUT2D eigenvalue weighted by molar-refractivity contribution is 5.92. The van der Waals surface area contributed by atoms with Crippen LogP contribution in [0.1, 0.15) is 41.8 Å². The lowest BCUT2D eigenvalue weighted by Crippen LogP contribution is -3.15. The van der Waals surface area contributed by atoms with Crippen LogP contribution in [0.3, 0.4) is 0 Å². The van der Waals surface area contributed by atoms with Crippen LogP contribution in [-0.2, 0) is 16.6 Å². The molecule has 5 nitrogen and oxygen atoms in total. The first-order valence-corrected chi connectivity index (χ1v) is 10.3. The Labute approximate surface area is 172 Å². The molecule has 154 valence electrons. The number of hydrogen-bond donors (Lipinski definition) is 3. The van der Waals surface area contributed by atoms with Gasteiger partial charge in [-0.25, -0.2) is 0 Å². The first-order valence-electron chi connectivity index (χ1n) is 10.3. The first kappa shape index (κ1) is 21.1. The Morgan fingerprint density at radius 2 is 1.93 bits per heavy atom. The fraction of sp³-hybridized carbons (Fsp3) is 0.417. The maximum atomic E-state index is 11.9. The summed E-state index contributed by atoms with van der Waals surface area (Å²) in [6.07, 6.45) is 1.51. The molecule has 4 N–H and O–H groups in total. The van der Waals surface area contributed by atoms with Gasteiger partial charge in [-0.15, -0.1) is 0 Å². The number of likely N-dealkylation sites (tertiary alicyclic amines) is 1. The van der Waals surface area contributed by atoms with Crippen molar-refractivity contribution in [2.45, 2.75) is 32.1 Å². The van der Waals surface area contributed by atoms with Crippen molar-refractivity contribution in [3.63, 3.8) is 0 Å². The van der Waals surface area contributed by atoms with Crippen molar-refractivity contribution in [3.05, 3.63) is 71.3 Å². The molecule has 1 amide bonds. The van der Waals surface area contributed by atoms with Crippen LogP contribution >= 0.6 is 0 Å². The van der Waals surface area contributed by atoms with Gasteiger partial charge in [0.15, 0.2) is 0 Å². The fourth-order valence-corrected chi connectivity index (χ4v) is 4.58. The summed E-state index contributed by atoms with van der Waals surface area (Å²) in [6, 6.07) is 17.5. The van der Waals surface area contributed by atoms with Gasteiger partial charge in [0, 0.05) is 23.3 Å². The molecule has 3 rings (SSSR count). The number of quaternary nitrogens is 1. The zero-order valence-electron chi connectivity index (χ0n) is 17.2. The zero-order valence-corrected chi connectivity index (χ0v) is 17.2. The molecule has 0 spiro atoms. The molecule has 0 saturated carbocycles. The zero-order chi connectivity index (χ0) is 21.0. The van der Waals surface area contributed by atoms with Crippen molar-refractivity contribution in [3.8, 4) is 0 Å². The molecule has 29 heavy (non-hydrogen) atoms. The predicted octanol–water partition coefficient (Wildman–Crippen LogP) is 1.91. The summed E-state index contributed by atoms with van der Waals surface area (Å²) in [5, 5.41) is 9.74. The quantitative estimate of drug-likeness (QED) is 0.670. The van der Waals surface area contributed by atoms with Crippen molar-refractivity contribution in [2.24, 2.45) is 17.6 Å². The van der Waals surface area contributed by atoms with Crippen LogP contribution in [-0.4, -0.2) is 36.6 Å². The highest BCUT2D eigenvalue weighted by Crippen LogP contribution is 2.36. The van der Waals surface area contributed by atoms with Crippen LogP contribution in [0.15, 0.2) is 54.6 Å². The van der Waals surface area contributed by atoms with E-state index in [0.29, 0.717) is 24.4 Å². The van der Waals surface area contributed by atoms with E-state index in [-0.39, 0.29) is 11.3 Å². The molecule has 2 aromatic carbocycles. The average Bonchev–Trinajstić information content (AvgIpc) is 2.71. The van der Waals surface area contributed by atoms with Crippen molar-refractivity contribution in [1.82, 2.24) is 0 Å². The largest absolute Gasteiger partial charge is 0.481 e. The summed E-state index contributed by atoms with van der Waals surface area (Å²) in [6.45, 7) is 6.93. The molecule has 1 aliphatic rings. The molecule has 1 fully saturated rings. The highest BCUT2D eigenvalue weighted by atomic mass is 16.4. The number of carbonyl (C=O) groups excluding carboxylic acids is 1. The fourth-order valence-electron chi connectivity index (χ4n) is 4.58. The lowest BCUT2D eigenvalue weighted by atomic mass is 9.67. The van der Waals surface area contributed by atoms with Crippen LogP contribution in [0.4, 0.5) is 0 Å². The van der Waals surface area contributed by atoms with E-state index in [4.69, 9.17) is 5.73 Å². The van der Waals surface area contributed by atoms with Gasteiger partial charge in [0.25, 0.3) is 0 Å². The Hall–Kier alpha value is -2.66. The number of nitrogens with two attached hydrogens (primary N) is 1. The Morgan fingerprint density at radius 1 is 1.21 bits per heavy atom. The average molecular weight is 396 g/mol. The molecule has 0 aromatic heterocycles. The molecule has 1 unspecified atom stereocenters. The van der Waals surface area contributed by atoms with Crippen molar-refractivity contribution < 1.29 is 19.6 Å². The summed E-state index contributed by atoms with van der Waals surface area (Å²) in [5.74, 6) is -1.16. The lowest BCUT2D eigenvalue weighted by molar-refractivity contribution is -0.912. The maximum absolute atomic E-state index is 11.9. The van der Waals surface area contributed by atoms with Gasteiger partial charge in [0.2, 0.25) is 5.91 Å². The first-order chi connectivity index (χ1) is 13.8. The van der Waals surface area contributed by atoms with E-state index in [1.54, 1.807) is 6.07 Å². The molecule has 1 aliphatic heterocycles. The Morgan fingerprint density at radius 3 is 2.55 bits per heavy atom. The lowest BCUT2D eigenvalue weighted by Gasteiger charge is -2.43. The second-order valence-corrected chi connectivity index (χ2v) is 8.65. The smallest absolute Gasteiger partial charge is 0.312 e. The van der Waals surface area contributed by atoms with Gasteiger partial charge in [-0.05, 0) is 29.7 Å². The summed E-state index contributed by atoms with van der Waals surface area (Å²) in [5.41, 5.74) is 8.16. The van der Waals surface area contributed by atoms with Crippen LogP contribution < -0.4 is 10.6 Å². The van der Waals surface area contributed by atoms with Gasteiger partial charge in [-0.3, -0.25) is 9.59 Å².